The molecule has 0 aliphatic rings. The molecule has 1 heterocycles. The molecule has 0 radical (unpaired) electrons. The lowest BCUT2D eigenvalue weighted by molar-refractivity contribution is 0.194. The largest absolute Gasteiger partial charge is 0.390 e. The number of aryl methyl sites for hydroxylation is 2. The lowest BCUT2D eigenvalue weighted by atomic mass is 10.2. The van der Waals surface area contributed by atoms with Gasteiger partial charge in [-0.15, -0.1) is 0 Å². The summed E-state index contributed by atoms with van der Waals surface area (Å²) in [4.78, 5) is 8.48. The van der Waals surface area contributed by atoms with E-state index in [1.165, 1.54) is 0 Å². The molecule has 0 atom stereocenters. The van der Waals surface area contributed by atoms with E-state index in [2.05, 4.69) is 9.97 Å². The molecule has 4 nitrogen and oxygen atoms in total. The fourth-order valence-electron chi connectivity index (χ4n) is 1.27. The Hall–Kier alpha value is -1.00. The van der Waals surface area contributed by atoms with Gasteiger partial charge in [-0.1, -0.05) is 0 Å². The highest BCUT2D eigenvalue weighted by atomic mass is 16.5. The van der Waals surface area contributed by atoms with Gasteiger partial charge in [-0.3, -0.25) is 0 Å². The Kier molecular flexibility index (Phi) is 4.49. The van der Waals surface area contributed by atoms with Crippen LogP contribution in [0.1, 0.15) is 23.6 Å². The van der Waals surface area contributed by atoms with Gasteiger partial charge in [0, 0.05) is 25.8 Å². The van der Waals surface area contributed by atoms with E-state index < -0.39 is 0 Å². The van der Waals surface area contributed by atoms with Crippen LogP contribution in [0.2, 0.25) is 0 Å². The van der Waals surface area contributed by atoms with Crippen molar-refractivity contribution in [3.8, 4) is 0 Å². The van der Waals surface area contributed by atoms with Crippen molar-refractivity contribution in [3.05, 3.63) is 23.3 Å². The first-order valence-electron chi connectivity index (χ1n) is 4.69. The van der Waals surface area contributed by atoms with Crippen molar-refractivity contribution in [1.29, 1.82) is 0 Å². The first-order valence-corrected chi connectivity index (χ1v) is 4.69. The van der Waals surface area contributed by atoms with Crippen LogP contribution >= 0.6 is 0 Å². The van der Waals surface area contributed by atoms with Crippen molar-refractivity contribution in [2.24, 2.45) is 0 Å². The van der Waals surface area contributed by atoms with E-state index in [-0.39, 0.29) is 6.61 Å². The molecular weight excluding hydrogens is 180 g/mol. The number of aliphatic hydroxyl groups is 1. The molecule has 78 valence electrons. The third kappa shape index (κ3) is 3.40. The Bertz CT molecular complexity index is 289. The zero-order valence-corrected chi connectivity index (χ0v) is 8.66. The van der Waals surface area contributed by atoms with Gasteiger partial charge in [0.1, 0.15) is 5.82 Å². The normalized spacial score (nSPS) is 10.5. The molecule has 0 aromatic carbocycles. The summed E-state index contributed by atoms with van der Waals surface area (Å²) < 4.78 is 4.95. The topological polar surface area (TPSA) is 55.2 Å². The predicted octanol–water partition coefficient (Wildman–Crippen LogP) is 0.856. The van der Waals surface area contributed by atoms with E-state index in [1.807, 2.05) is 6.92 Å². The molecule has 1 rings (SSSR count). The van der Waals surface area contributed by atoms with E-state index in [0.717, 1.165) is 24.4 Å². The van der Waals surface area contributed by atoms with Crippen molar-refractivity contribution < 1.29 is 9.84 Å². The van der Waals surface area contributed by atoms with Gasteiger partial charge in [-0.25, -0.2) is 9.97 Å². The van der Waals surface area contributed by atoms with Gasteiger partial charge in [0.2, 0.25) is 0 Å². The van der Waals surface area contributed by atoms with Gasteiger partial charge in [0.25, 0.3) is 0 Å². The summed E-state index contributed by atoms with van der Waals surface area (Å²) in [6.45, 7) is 2.59. The molecule has 1 N–H and O–H groups in total. The highest BCUT2D eigenvalue weighted by Gasteiger charge is 2.01. The van der Waals surface area contributed by atoms with E-state index in [4.69, 9.17) is 9.84 Å². The molecule has 0 saturated heterocycles. The molecule has 0 aliphatic carbocycles. The molecule has 0 unspecified atom stereocenters. The zero-order chi connectivity index (χ0) is 10.4. The number of hydrogen-bond acceptors (Lipinski definition) is 4. The molecule has 0 aliphatic heterocycles. The number of rotatable bonds is 5. The summed E-state index contributed by atoms with van der Waals surface area (Å²) in [6, 6.07) is 1.79. The van der Waals surface area contributed by atoms with Crippen LogP contribution in [0.4, 0.5) is 0 Å². The molecule has 4 heteroatoms. The minimum atomic E-state index is -0.0271. The highest BCUT2D eigenvalue weighted by Crippen LogP contribution is 2.02. The summed E-state index contributed by atoms with van der Waals surface area (Å²) in [7, 11) is 1.68. The lowest BCUT2D eigenvalue weighted by Gasteiger charge is -2.03. The SMILES string of the molecule is COCCCc1nc(C)cc(CO)n1. The first-order chi connectivity index (χ1) is 6.76. The minimum absolute atomic E-state index is 0.0271. The smallest absolute Gasteiger partial charge is 0.129 e. The maximum Gasteiger partial charge on any atom is 0.129 e. The van der Waals surface area contributed by atoms with Gasteiger partial charge < -0.3 is 9.84 Å². The fraction of sp³-hybridized carbons (Fsp3) is 0.600. The van der Waals surface area contributed by atoms with E-state index in [0.29, 0.717) is 12.3 Å². The molecule has 1 aromatic heterocycles. The summed E-state index contributed by atoms with van der Waals surface area (Å²) in [5, 5.41) is 8.94. The number of aromatic nitrogens is 2. The van der Waals surface area contributed by atoms with E-state index in [1.54, 1.807) is 13.2 Å². The molecule has 0 saturated carbocycles. The van der Waals surface area contributed by atoms with Gasteiger partial charge in [0.05, 0.1) is 12.3 Å². The van der Waals surface area contributed by atoms with Crippen molar-refractivity contribution in [2.45, 2.75) is 26.4 Å². The Balaban J connectivity index is 2.62. The molecule has 0 fully saturated rings. The third-order valence-corrected chi connectivity index (χ3v) is 1.86. The minimum Gasteiger partial charge on any atom is -0.390 e. The van der Waals surface area contributed by atoms with E-state index >= 15 is 0 Å². The lowest BCUT2D eigenvalue weighted by Crippen LogP contribution is -2.03. The summed E-state index contributed by atoms with van der Waals surface area (Å²) >= 11 is 0. The highest BCUT2D eigenvalue weighted by molar-refractivity contribution is 5.09. The maximum absolute atomic E-state index is 8.94. The van der Waals surface area contributed by atoms with E-state index in [9.17, 15) is 0 Å². The second-order valence-corrected chi connectivity index (χ2v) is 3.17. The predicted molar refractivity (Wildman–Crippen MR) is 52.9 cm³/mol. The van der Waals surface area contributed by atoms with Gasteiger partial charge >= 0.3 is 0 Å². The molecule has 0 bridgehead atoms. The van der Waals surface area contributed by atoms with Crippen molar-refractivity contribution >= 4 is 0 Å². The Morgan fingerprint density at radius 3 is 2.86 bits per heavy atom. The first kappa shape index (κ1) is 11.1. The van der Waals surface area contributed by atoms with Crippen molar-refractivity contribution in [3.63, 3.8) is 0 Å². The van der Waals surface area contributed by atoms with Crippen LogP contribution in [-0.4, -0.2) is 28.8 Å². The standard InChI is InChI=1S/C10H16N2O2/c1-8-6-9(7-13)12-10(11-8)4-3-5-14-2/h6,13H,3-5,7H2,1-2H3. The Labute approximate surface area is 84.0 Å². The summed E-state index contributed by atoms with van der Waals surface area (Å²) in [5.41, 5.74) is 1.58. The van der Waals surface area contributed by atoms with Crippen molar-refractivity contribution in [2.75, 3.05) is 13.7 Å². The maximum atomic E-state index is 8.94. The number of aliphatic hydroxyl groups excluding tert-OH is 1. The molecular formula is C10H16N2O2. The van der Waals surface area contributed by atoms with Crippen LogP contribution in [0.5, 0.6) is 0 Å². The van der Waals surface area contributed by atoms with Crippen LogP contribution in [-0.2, 0) is 17.8 Å². The summed E-state index contributed by atoms with van der Waals surface area (Å²) in [6.07, 6.45) is 1.70. The average molecular weight is 196 g/mol. The quantitative estimate of drug-likeness (QED) is 0.709. The third-order valence-electron chi connectivity index (χ3n) is 1.86. The zero-order valence-electron chi connectivity index (χ0n) is 8.66. The Morgan fingerprint density at radius 1 is 1.43 bits per heavy atom. The van der Waals surface area contributed by atoms with Crippen LogP contribution < -0.4 is 0 Å². The van der Waals surface area contributed by atoms with Gasteiger partial charge in [-0.05, 0) is 19.4 Å². The fourth-order valence-corrected chi connectivity index (χ4v) is 1.27. The molecule has 0 spiro atoms. The van der Waals surface area contributed by atoms with Crippen molar-refractivity contribution in [1.82, 2.24) is 9.97 Å². The van der Waals surface area contributed by atoms with Crippen LogP contribution in [0.15, 0.2) is 6.07 Å². The number of nitrogens with zero attached hydrogens (tertiary/aromatic N) is 2. The Morgan fingerprint density at radius 2 is 2.21 bits per heavy atom. The van der Waals surface area contributed by atoms with Crippen LogP contribution in [0.3, 0.4) is 0 Å². The number of ether oxygens (including phenoxy) is 1. The second kappa shape index (κ2) is 5.67. The van der Waals surface area contributed by atoms with Crippen LogP contribution in [0, 0.1) is 6.92 Å². The van der Waals surface area contributed by atoms with Gasteiger partial charge in [-0.2, -0.15) is 0 Å². The number of hydrogen-bond donors (Lipinski definition) is 1. The average Bonchev–Trinajstić information content (AvgIpc) is 2.17. The molecule has 14 heavy (non-hydrogen) atoms. The van der Waals surface area contributed by atoms with Gasteiger partial charge in [0.15, 0.2) is 0 Å². The number of methoxy groups -OCH3 is 1. The second-order valence-electron chi connectivity index (χ2n) is 3.17. The molecule has 1 aromatic rings. The van der Waals surface area contributed by atoms with Crippen LogP contribution in [0.25, 0.3) is 0 Å². The molecule has 0 amide bonds. The summed E-state index contributed by atoms with van der Waals surface area (Å²) in [5.74, 6) is 0.783. The monoisotopic (exact) mass is 196 g/mol.